The van der Waals surface area contributed by atoms with E-state index >= 15 is 0 Å². The van der Waals surface area contributed by atoms with Gasteiger partial charge in [-0.05, 0) is 11.6 Å². The van der Waals surface area contributed by atoms with Crippen molar-refractivity contribution in [2.45, 2.75) is 32.1 Å². The Kier molecular flexibility index (Phi) is 3.77. The zero-order valence-corrected chi connectivity index (χ0v) is 11.5. The van der Waals surface area contributed by atoms with Crippen LogP contribution in [0.15, 0.2) is 29.2 Å². The second-order valence-electron chi connectivity index (χ2n) is 5.23. The Morgan fingerprint density at radius 1 is 1.18 bits per heavy atom. The Bertz CT molecular complexity index is 522. The Hall–Kier alpha value is -1.16. The molecule has 1 aromatic rings. The first-order valence-corrected chi connectivity index (χ1v) is 7.33. The van der Waals surface area contributed by atoms with Crippen LogP contribution in [0.4, 0.5) is 0 Å². The van der Waals surface area contributed by atoms with Crippen LogP contribution in [0.5, 0.6) is 0 Å². The van der Waals surface area contributed by atoms with Crippen LogP contribution < -0.4 is 0 Å². The number of hydrogen-bond donors (Lipinski definition) is 0. The molecule has 0 radical (unpaired) electrons. The minimum Gasteiger partial charge on any atom is -0.299 e. The number of carbonyl (C=O) groups excluding carboxylic acids is 1. The van der Waals surface area contributed by atoms with Crippen LogP contribution >= 0.6 is 0 Å². The zero-order chi connectivity index (χ0) is 13.3. The van der Waals surface area contributed by atoms with Gasteiger partial charge in [0.15, 0.2) is 9.84 Å². The van der Waals surface area contributed by atoms with Crippen molar-refractivity contribution in [1.82, 2.24) is 0 Å². The van der Waals surface area contributed by atoms with Crippen LogP contribution in [0.3, 0.4) is 0 Å². The number of sulfone groups is 1. The number of benzene rings is 1. The summed E-state index contributed by atoms with van der Waals surface area (Å²) >= 11 is 0. The molecule has 0 N–H and O–H groups in total. The van der Waals surface area contributed by atoms with Crippen molar-refractivity contribution in [3.63, 3.8) is 0 Å². The molecular formula is C13H18O3S. The molecule has 0 aliphatic heterocycles. The van der Waals surface area contributed by atoms with Crippen molar-refractivity contribution in [3.05, 3.63) is 29.8 Å². The molecule has 0 heterocycles. The van der Waals surface area contributed by atoms with E-state index in [1.54, 1.807) is 24.3 Å². The minimum absolute atomic E-state index is 0.0357. The van der Waals surface area contributed by atoms with Crippen molar-refractivity contribution >= 4 is 15.6 Å². The van der Waals surface area contributed by atoms with Crippen molar-refractivity contribution < 1.29 is 13.2 Å². The lowest BCUT2D eigenvalue weighted by Gasteiger charge is -2.17. The highest BCUT2D eigenvalue weighted by atomic mass is 32.2. The molecule has 17 heavy (non-hydrogen) atoms. The van der Waals surface area contributed by atoms with Crippen molar-refractivity contribution in [1.29, 1.82) is 0 Å². The van der Waals surface area contributed by atoms with Crippen molar-refractivity contribution in [2.24, 2.45) is 5.41 Å². The maximum atomic E-state index is 11.9. The van der Waals surface area contributed by atoms with Gasteiger partial charge in [0.25, 0.3) is 0 Å². The topological polar surface area (TPSA) is 51.2 Å². The van der Waals surface area contributed by atoms with Gasteiger partial charge in [0.2, 0.25) is 0 Å². The summed E-state index contributed by atoms with van der Waals surface area (Å²) in [4.78, 5) is 12.2. The van der Waals surface area contributed by atoms with Crippen LogP contribution in [-0.4, -0.2) is 20.5 Å². The summed E-state index contributed by atoms with van der Waals surface area (Å²) in [6.45, 7) is 5.50. The normalized spacial score (nSPS) is 12.5. The van der Waals surface area contributed by atoms with E-state index in [9.17, 15) is 13.2 Å². The van der Waals surface area contributed by atoms with E-state index in [-0.39, 0.29) is 17.1 Å². The predicted octanol–water partition coefficient (Wildman–Crippen LogP) is 2.25. The largest absolute Gasteiger partial charge is 0.299 e. The summed E-state index contributed by atoms with van der Waals surface area (Å²) in [5, 5.41) is 0. The van der Waals surface area contributed by atoms with Crippen molar-refractivity contribution in [3.8, 4) is 0 Å². The molecule has 1 rings (SSSR count). The van der Waals surface area contributed by atoms with Crippen LogP contribution in [0.25, 0.3) is 0 Å². The fraction of sp³-hybridized carbons (Fsp3) is 0.462. The third kappa shape index (κ3) is 3.66. The van der Waals surface area contributed by atoms with Gasteiger partial charge in [0.05, 0.1) is 4.90 Å². The fourth-order valence-electron chi connectivity index (χ4n) is 1.45. The van der Waals surface area contributed by atoms with E-state index in [2.05, 4.69) is 0 Å². The fourth-order valence-corrected chi connectivity index (χ4v) is 2.39. The molecule has 0 bridgehead atoms. The molecule has 0 saturated carbocycles. The highest BCUT2D eigenvalue weighted by molar-refractivity contribution is 7.90. The molecule has 1 aromatic carbocycles. The second-order valence-corrected chi connectivity index (χ2v) is 7.21. The lowest BCUT2D eigenvalue weighted by Crippen LogP contribution is -2.22. The first-order valence-electron chi connectivity index (χ1n) is 5.43. The number of carbonyl (C=O) groups is 1. The first kappa shape index (κ1) is 13.9. The molecule has 4 heteroatoms. The molecule has 0 saturated heterocycles. The quantitative estimate of drug-likeness (QED) is 0.831. The Morgan fingerprint density at radius 2 is 1.71 bits per heavy atom. The maximum absolute atomic E-state index is 11.9. The molecular weight excluding hydrogens is 236 g/mol. The molecule has 94 valence electrons. The molecule has 3 nitrogen and oxygen atoms in total. The van der Waals surface area contributed by atoms with E-state index < -0.39 is 15.3 Å². The van der Waals surface area contributed by atoms with E-state index in [4.69, 9.17) is 0 Å². The van der Waals surface area contributed by atoms with Gasteiger partial charge in [-0.25, -0.2) is 8.42 Å². The van der Waals surface area contributed by atoms with Gasteiger partial charge < -0.3 is 0 Å². The molecule has 0 spiro atoms. The van der Waals surface area contributed by atoms with Gasteiger partial charge in [-0.3, -0.25) is 4.79 Å². The first-order chi connectivity index (χ1) is 7.62. The van der Waals surface area contributed by atoms with Crippen LogP contribution in [0.1, 0.15) is 26.3 Å². The average Bonchev–Trinajstić information content (AvgIpc) is 2.15. The van der Waals surface area contributed by atoms with Gasteiger partial charge in [-0.2, -0.15) is 0 Å². The third-order valence-electron chi connectivity index (χ3n) is 2.56. The number of Topliss-reactive ketones (excluding diaryl/α,β-unsaturated/α-hetero) is 1. The number of ketones is 1. The molecule has 0 atom stereocenters. The van der Waals surface area contributed by atoms with Crippen LogP contribution in [0.2, 0.25) is 0 Å². The molecule has 0 unspecified atom stereocenters. The van der Waals surface area contributed by atoms with Gasteiger partial charge in [0.1, 0.15) is 5.78 Å². The highest BCUT2D eigenvalue weighted by Gasteiger charge is 2.23. The monoisotopic (exact) mass is 254 g/mol. The number of hydrogen-bond acceptors (Lipinski definition) is 3. The third-order valence-corrected chi connectivity index (χ3v) is 3.76. The molecule has 0 aliphatic carbocycles. The molecule has 0 amide bonds. The summed E-state index contributed by atoms with van der Waals surface area (Å²) in [6.07, 6.45) is 1.32. The average molecular weight is 254 g/mol. The molecule has 0 aromatic heterocycles. The zero-order valence-electron chi connectivity index (χ0n) is 10.6. The van der Waals surface area contributed by atoms with E-state index in [0.717, 1.165) is 6.26 Å². The lowest BCUT2D eigenvalue weighted by atomic mass is 9.87. The summed E-state index contributed by atoms with van der Waals surface area (Å²) in [5.74, 6) is 0.0357. The Morgan fingerprint density at radius 3 is 2.18 bits per heavy atom. The second kappa shape index (κ2) is 4.61. The van der Waals surface area contributed by atoms with E-state index in [1.807, 2.05) is 20.8 Å². The van der Waals surface area contributed by atoms with Gasteiger partial charge in [-0.1, -0.05) is 39.0 Å². The van der Waals surface area contributed by atoms with Gasteiger partial charge in [0, 0.05) is 18.1 Å². The predicted molar refractivity (Wildman–Crippen MR) is 67.7 cm³/mol. The maximum Gasteiger partial charge on any atom is 0.175 e. The van der Waals surface area contributed by atoms with Gasteiger partial charge >= 0.3 is 0 Å². The highest BCUT2D eigenvalue weighted by Crippen LogP contribution is 2.21. The SMILES string of the molecule is CC(C)(C)C(=O)Cc1ccccc1S(C)(=O)=O. The summed E-state index contributed by atoms with van der Waals surface area (Å²) in [7, 11) is -3.28. The summed E-state index contributed by atoms with van der Waals surface area (Å²) in [6, 6.07) is 6.65. The smallest absolute Gasteiger partial charge is 0.175 e. The van der Waals surface area contributed by atoms with Crippen molar-refractivity contribution in [2.75, 3.05) is 6.26 Å². The van der Waals surface area contributed by atoms with Crippen LogP contribution in [0, 0.1) is 5.41 Å². The standard InChI is InChI=1S/C13H18O3S/c1-13(2,3)12(14)9-10-7-5-6-8-11(10)17(4,15)16/h5-8H,9H2,1-4H3. The van der Waals surface area contributed by atoms with E-state index in [1.165, 1.54) is 0 Å². The molecule has 0 aliphatic rings. The Labute approximate surface area is 103 Å². The summed E-state index contributed by atoms with van der Waals surface area (Å²) < 4.78 is 23.1. The lowest BCUT2D eigenvalue weighted by molar-refractivity contribution is -0.125. The van der Waals surface area contributed by atoms with Crippen LogP contribution in [-0.2, 0) is 21.1 Å². The van der Waals surface area contributed by atoms with Gasteiger partial charge in [-0.15, -0.1) is 0 Å². The minimum atomic E-state index is -3.28. The molecule has 0 fully saturated rings. The summed E-state index contributed by atoms with van der Waals surface area (Å²) in [5.41, 5.74) is 0.125. The Balaban J connectivity index is 3.13. The number of rotatable bonds is 3. The van der Waals surface area contributed by atoms with E-state index in [0.29, 0.717) is 5.56 Å².